The predicted molar refractivity (Wildman–Crippen MR) is 86.4 cm³/mol. The van der Waals surface area contributed by atoms with Gasteiger partial charge in [0, 0.05) is 29.0 Å². The van der Waals surface area contributed by atoms with Crippen LogP contribution >= 0.6 is 23.1 Å². The third-order valence-corrected chi connectivity index (χ3v) is 6.11. The summed E-state index contributed by atoms with van der Waals surface area (Å²) in [5.74, 6) is -1.37. The van der Waals surface area contributed by atoms with Crippen molar-refractivity contribution in [1.29, 1.82) is 0 Å². The lowest BCUT2D eigenvalue weighted by Gasteiger charge is -2.20. The number of hydrogen-bond acceptors (Lipinski definition) is 3. The second-order valence-electron chi connectivity index (χ2n) is 5.05. The zero-order chi connectivity index (χ0) is 15.5. The summed E-state index contributed by atoms with van der Waals surface area (Å²) < 4.78 is 27.5. The molecule has 3 rings (SSSR count). The monoisotopic (exact) mass is 339 g/mol. The minimum atomic E-state index is -0.795. The van der Waals surface area contributed by atoms with E-state index in [0.717, 1.165) is 24.3 Å². The third kappa shape index (κ3) is 3.17. The Morgan fingerprint density at radius 2 is 1.91 bits per heavy atom. The van der Waals surface area contributed by atoms with Crippen molar-refractivity contribution in [3.05, 3.63) is 57.8 Å². The second-order valence-corrected chi connectivity index (χ2v) is 7.34. The van der Waals surface area contributed by atoms with E-state index in [2.05, 4.69) is 6.07 Å². The number of carbonyl (C=O) groups is 1. The van der Waals surface area contributed by atoms with Crippen LogP contribution in [0.1, 0.15) is 26.9 Å². The van der Waals surface area contributed by atoms with Crippen LogP contribution in [0.5, 0.6) is 0 Å². The van der Waals surface area contributed by atoms with Crippen molar-refractivity contribution in [2.24, 2.45) is 0 Å². The number of thiophene rings is 1. The fourth-order valence-electron chi connectivity index (χ4n) is 2.54. The SMILES string of the molecule is O=C(c1c(F)cccc1F)N1CCS[C@@H](c2cccs2)CC1. The number of amides is 1. The molecule has 1 saturated heterocycles. The van der Waals surface area contributed by atoms with Crippen LogP contribution < -0.4 is 0 Å². The summed E-state index contributed by atoms with van der Waals surface area (Å²) in [6, 6.07) is 7.63. The highest BCUT2D eigenvalue weighted by Gasteiger charge is 2.26. The average molecular weight is 339 g/mol. The zero-order valence-corrected chi connectivity index (χ0v) is 13.4. The Balaban J connectivity index is 1.74. The lowest BCUT2D eigenvalue weighted by Crippen LogP contribution is -2.34. The summed E-state index contributed by atoms with van der Waals surface area (Å²) in [6.07, 6.45) is 0.799. The molecule has 2 heterocycles. The fraction of sp³-hybridized carbons (Fsp3) is 0.312. The lowest BCUT2D eigenvalue weighted by atomic mass is 10.1. The number of nitrogens with zero attached hydrogens (tertiary/aromatic N) is 1. The smallest absolute Gasteiger partial charge is 0.259 e. The van der Waals surface area contributed by atoms with Crippen molar-refractivity contribution in [2.45, 2.75) is 11.7 Å². The van der Waals surface area contributed by atoms with Gasteiger partial charge in [-0.1, -0.05) is 12.1 Å². The summed E-state index contributed by atoms with van der Waals surface area (Å²) in [4.78, 5) is 15.3. The molecule has 1 aromatic carbocycles. The normalized spacial score (nSPS) is 19.0. The van der Waals surface area contributed by atoms with Crippen LogP contribution in [-0.2, 0) is 0 Å². The van der Waals surface area contributed by atoms with Gasteiger partial charge >= 0.3 is 0 Å². The number of halogens is 2. The van der Waals surface area contributed by atoms with Crippen LogP contribution in [0.3, 0.4) is 0 Å². The third-order valence-electron chi connectivity index (χ3n) is 3.67. The zero-order valence-electron chi connectivity index (χ0n) is 11.8. The molecule has 0 bridgehead atoms. The Morgan fingerprint density at radius 3 is 2.59 bits per heavy atom. The van der Waals surface area contributed by atoms with E-state index in [-0.39, 0.29) is 0 Å². The minimum absolute atomic E-state index is 0.350. The predicted octanol–water partition coefficient (Wildman–Crippen LogP) is 4.35. The molecular formula is C16H15F2NOS2. The molecule has 2 aromatic rings. The maximum atomic E-state index is 13.8. The maximum absolute atomic E-state index is 13.8. The molecule has 1 aliphatic heterocycles. The van der Waals surface area contributed by atoms with Crippen LogP contribution in [0.2, 0.25) is 0 Å². The van der Waals surface area contributed by atoms with E-state index in [1.807, 2.05) is 11.4 Å². The summed E-state index contributed by atoms with van der Waals surface area (Å²) in [7, 11) is 0. The van der Waals surface area contributed by atoms with Crippen LogP contribution in [0.25, 0.3) is 0 Å². The van der Waals surface area contributed by atoms with Crippen molar-refractivity contribution < 1.29 is 13.6 Å². The molecule has 1 fully saturated rings. The molecule has 2 nitrogen and oxygen atoms in total. The van der Waals surface area contributed by atoms with Crippen LogP contribution in [0, 0.1) is 11.6 Å². The summed E-state index contributed by atoms with van der Waals surface area (Å²) in [6.45, 7) is 1.03. The van der Waals surface area contributed by atoms with E-state index >= 15 is 0 Å². The Morgan fingerprint density at radius 1 is 1.14 bits per heavy atom. The van der Waals surface area contributed by atoms with E-state index in [4.69, 9.17) is 0 Å². The van der Waals surface area contributed by atoms with Crippen molar-refractivity contribution in [3.8, 4) is 0 Å². The number of hydrogen-bond donors (Lipinski definition) is 0. The van der Waals surface area contributed by atoms with E-state index in [1.165, 1.54) is 10.9 Å². The van der Waals surface area contributed by atoms with E-state index in [9.17, 15) is 13.6 Å². The molecule has 0 spiro atoms. The molecule has 116 valence electrons. The first-order valence-electron chi connectivity index (χ1n) is 7.05. The van der Waals surface area contributed by atoms with Crippen molar-refractivity contribution in [1.82, 2.24) is 4.90 Å². The first kappa shape index (κ1) is 15.5. The van der Waals surface area contributed by atoms with Gasteiger partial charge in [0.15, 0.2) is 0 Å². The topological polar surface area (TPSA) is 20.3 Å². The first-order chi connectivity index (χ1) is 10.7. The largest absolute Gasteiger partial charge is 0.338 e. The number of thioether (sulfide) groups is 1. The van der Waals surface area contributed by atoms with Gasteiger partial charge in [-0.25, -0.2) is 8.78 Å². The molecule has 0 unspecified atom stereocenters. The van der Waals surface area contributed by atoms with Gasteiger partial charge in [-0.05, 0) is 30.0 Å². The molecule has 1 aromatic heterocycles. The molecule has 22 heavy (non-hydrogen) atoms. The highest BCUT2D eigenvalue weighted by molar-refractivity contribution is 7.99. The maximum Gasteiger partial charge on any atom is 0.259 e. The fourth-order valence-corrected chi connectivity index (χ4v) is 4.77. The van der Waals surface area contributed by atoms with Gasteiger partial charge in [0.1, 0.15) is 17.2 Å². The Labute approximate surface area is 136 Å². The van der Waals surface area contributed by atoms with Crippen LogP contribution in [0.4, 0.5) is 8.78 Å². The average Bonchev–Trinajstić information content (AvgIpc) is 2.91. The molecule has 0 radical (unpaired) electrons. The quantitative estimate of drug-likeness (QED) is 0.811. The number of rotatable bonds is 2. The van der Waals surface area contributed by atoms with Gasteiger partial charge in [0.25, 0.3) is 5.91 Å². The molecule has 1 aliphatic rings. The standard InChI is InChI=1S/C16H15F2NOS2/c17-11-3-1-4-12(18)15(11)16(20)19-7-6-14(22-10-8-19)13-5-2-9-21-13/h1-5,9,14H,6-8,10H2/t14-/m1/s1. The van der Waals surface area contributed by atoms with Crippen molar-refractivity contribution in [2.75, 3.05) is 18.8 Å². The van der Waals surface area contributed by atoms with E-state index < -0.39 is 23.1 Å². The van der Waals surface area contributed by atoms with E-state index in [1.54, 1.807) is 28.0 Å². The molecule has 6 heteroatoms. The van der Waals surface area contributed by atoms with Gasteiger partial charge in [0.2, 0.25) is 0 Å². The van der Waals surface area contributed by atoms with Gasteiger partial charge in [-0.3, -0.25) is 4.79 Å². The highest BCUT2D eigenvalue weighted by atomic mass is 32.2. The molecule has 0 N–H and O–H groups in total. The Bertz CT molecular complexity index is 640. The first-order valence-corrected chi connectivity index (χ1v) is 8.98. The Hall–Kier alpha value is -1.40. The number of carbonyl (C=O) groups excluding carboxylic acids is 1. The molecule has 0 aliphatic carbocycles. The molecular weight excluding hydrogens is 324 g/mol. The molecule has 1 amide bonds. The van der Waals surface area contributed by atoms with Gasteiger partial charge in [-0.15, -0.1) is 11.3 Å². The van der Waals surface area contributed by atoms with Gasteiger partial charge in [-0.2, -0.15) is 11.8 Å². The summed E-state index contributed by atoms with van der Waals surface area (Å²) in [5.41, 5.74) is -0.443. The Kier molecular flexibility index (Phi) is 4.78. The van der Waals surface area contributed by atoms with Gasteiger partial charge < -0.3 is 4.90 Å². The second kappa shape index (κ2) is 6.79. The van der Waals surface area contributed by atoms with Crippen molar-refractivity contribution in [3.63, 3.8) is 0 Å². The van der Waals surface area contributed by atoms with E-state index in [0.29, 0.717) is 18.3 Å². The van der Waals surface area contributed by atoms with Crippen LogP contribution in [0.15, 0.2) is 35.7 Å². The summed E-state index contributed by atoms with van der Waals surface area (Å²) in [5, 5.41) is 2.39. The van der Waals surface area contributed by atoms with Crippen molar-refractivity contribution >= 4 is 29.0 Å². The lowest BCUT2D eigenvalue weighted by molar-refractivity contribution is 0.0757. The van der Waals surface area contributed by atoms with Crippen LogP contribution in [-0.4, -0.2) is 29.6 Å². The molecule has 1 atom stereocenters. The minimum Gasteiger partial charge on any atom is -0.338 e. The molecule has 0 saturated carbocycles. The number of benzene rings is 1. The highest BCUT2D eigenvalue weighted by Crippen LogP contribution is 2.37. The van der Waals surface area contributed by atoms with Gasteiger partial charge in [0.05, 0.1) is 0 Å². The summed E-state index contributed by atoms with van der Waals surface area (Å²) >= 11 is 3.50.